The van der Waals surface area contributed by atoms with Gasteiger partial charge in [0.1, 0.15) is 0 Å². The molecular formula is C18H32O5S-2. The lowest BCUT2D eigenvalue weighted by atomic mass is 10.1. The van der Waals surface area contributed by atoms with E-state index in [1.807, 2.05) is 12.2 Å². The minimum absolute atomic E-state index is 0.0701. The highest BCUT2D eigenvalue weighted by Gasteiger charge is 2.14. The molecule has 0 bridgehead atoms. The van der Waals surface area contributed by atoms with E-state index in [0.29, 0.717) is 25.7 Å². The number of carboxylic acids is 1. The predicted octanol–water partition coefficient (Wildman–Crippen LogP) is 3.30. The van der Waals surface area contributed by atoms with Crippen LogP contribution in [0.15, 0.2) is 12.2 Å². The SMILES string of the molecule is CCCCCC/C=C/CC(CCCCCCCC(=O)[O-])S(=O)(=O)[O-]. The zero-order valence-corrected chi connectivity index (χ0v) is 15.7. The highest BCUT2D eigenvalue weighted by atomic mass is 32.2. The third-order valence-electron chi connectivity index (χ3n) is 4.11. The molecule has 0 aromatic carbocycles. The maximum absolute atomic E-state index is 11.3. The molecule has 5 nitrogen and oxygen atoms in total. The molecule has 0 saturated carbocycles. The summed E-state index contributed by atoms with van der Waals surface area (Å²) in [6.07, 6.45) is 13.9. The molecule has 142 valence electrons. The Morgan fingerprint density at radius 3 is 2.21 bits per heavy atom. The van der Waals surface area contributed by atoms with Gasteiger partial charge in [-0.1, -0.05) is 64.0 Å². The van der Waals surface area contributed by atoms with Crippen molar-refractivity contribution in [2.24, 2.45) is 0 Å². The minimum Gasteiger partial charge on any atom is -0.748 e. The molecule has 1 atom stereocenters. The van der Waals surface area contributed by atoms with Gasteiger partial charge in [-0.05, 0) is 38.5 Å². The fraction of sp³-hybridized carbons (Fsp3) is 0.833. The van der Waals surface area contributed by atoms with Crippen LogP contribution in [0.25, 0.3) is 0 Å². The minimum atomic E-state index is -4.26. The maximum atomic E-state index is 11.3. The van der Waals surface area contributed by atoms with Gasteiger partial charge in [0.15, 0.2) is 0 Å². The summed E-state index contributed by atoms with van der Waals surface area (Å²) in [5.41, 5.74) is 0. The molecule has 0 radical (unpaired) electrons. The summed E-state index contributed by atoms with van der Waals surface area (Å²) < 4.78 is 33.9. The molecule has 0 heterocycles. The van der Waals surface area contributed by atoms with Gasteiger partial charge in [-0.2, -0.15) is 0 Å². The lowest BCUT2D eigenvalue weighted by Gasteiger charge is -2.19. The third kappa shape index (κ3) is 14.7. The Hall–Kier alpha value is -0.880. The summed E-state index contributed by atoms with van der Waals surface area (Å²) in [7, 11) is -4.26. The van der Waals surface area contributed by atoms with E-state index in [1.165, 1.54) is 19.3 Å². The first kappa shape index (κ1) is 23.1. The van der Waals surface area contributed by atoms with E-state index in [-0.39, 0.29) is 6.42 Å². The summed E-state index contributed by atoms with van der Waals surface area (Å²) in [6, 6.07) is 0. The van der Waals surface area contributed by atoms with Gasteiger partial charge in [0.25, 0.3) is 0 Å². The van der Waals surface area contributed by atoms with Crippen LogP contribution in [0.4, 0.5) is 0 Å². The van der Waals surface area contributed by atoms with Crippen molar-refractivity contribution in [2.45, 2.75) is 95.6 Å². The van der Waals surface area contributed by atoms with E-state index >= 15 is 0 Å². The normalized spacial score (nSPS) is 13.4. The molecular weight excluding hydrogens is 328 g/mol. The highest BCUT2D eigenvalue weighted by molar-refractivity contribution is 7.86. The van der Waals surface area contributed by atoms with Gasteiger partial charge in [-0.15, -0.1) is 0 Å². The van der Waals surface area contributed by atoms with Gasteiger partial charge < -0.3 is 14.5 Å². The summed E-state index contributed by atoms with van der Waals surface area (Å²) in [5.74, 6) is -1.03. The van der Waals surface area contributed by atoms with Crippen molar-refractivity contribution in [1.82, 2.24) is 0 Å². The molecule has 1 unspecified atom stereocenters. The number of hydrogen-bond acceptors (Lipinski definition) is 5. The van der Waals surface area contributed by atoms with E-state index in [0.717, 1.165) is 32.1 Å². The van der Waals surface area contributed by atoms with Gasteiger partial charge in [0.05, 0.1) is 15.4 Å². The Labute approximate surface area is 147 Å². The van der Waals surface area contributed by atoms with Crippen LogP contribution in [-0.4, -0.2) is 24.2 Å². The molecule has 0 spiro atoms. The molecule has 6 heteroatoms. The highest BCUT2D eigenvalue weighted by Crippen LogP contribution is 2.16. The van der Waals surface area contributed by atoms with Crippen LogP contribution in [0.2, 0.25) is 0 Å². The number of carbonyl (C=O) groups is 1. The molecule has 0 saturated heterocycles. The quantitative estimate of drug-likeness (QED) is 0.239. The van der Waals surface area contributed by atoms with Gasteiger partial charge in [-0.3, -0.25) is 0 Å². The second-order valence-corrected chi connectivity index (χ2v) is 8.00. The van der Waals surface area contributed by atoms with Crippen LogP contribution in [-0.2, 0) is 14.9 Å². The fourth-order valence-electron chi connectivity index (χ4n) is 2.61. The molecule has 0 aliphatic rings. The lowest BCUT2D eigenvalue weighted by Crippen LogP contribution is -2.21. The van der Waals surface area contributed by atoms with E-state index in [4.69, 9.17) is 0 Å². The number of hydrogen-bond donors (Lipinski definition) is 0. The first-order valence-corrected chi connectivity index (χ1v) is 10.6. The van der Waals surface area contributed by atoms with Gasteiger partial charge >= 0.3 is 0 Å². The van der Waals surface area contributed by atoms with Crippen molar-refractivity contribution >= 4 is 16.1 Å². The van der Waals surface area contributed by atoms with Crippen LogP contribution in [0.3, 0.4) is 0 Å². The largest absolute Gasteiger partial charge is 0.748 e. The fourth-order valence-corrected chi connectivity index (χ4v) is 3.41. The monoisotopic (exact) mass is 360 g/mol. The summed E-state index contributed by atoms with van der Waals surface area (Å²) in [4.78, 5) is 10.3. The van der Waals surface area contributed by atoms with Crippen molar-refractivity contribution < 1.29 is 22.9 Å². The van der Waals surface area contributed by atoms with Crippen molar-refractivity contribution in [3.05, 3.63) is 12.2 Å². The third-order valence-corrected chi connectivity index (χ3v) is 5.35. The van der Waals surface area contributed by atoms with Crippen LogP contribution in [0.1, 0.15) is 90.4 Å². The zero-order valence-electron chi connectivity index (χ0n) is 14.9. The van der Waals surface area contributed by atoms with Crippen LogP contribution in [0, 0.1) is 0 Å². The molecule has 0 aliphatic heterocycles. The van der Waals surface area contributed by atoms with Gasteiger partial charge in [-0.25, -0.2) is 8.42 Å². The smallest absolute Gasteiger partial charge is 0.0978 e. The van der Waals surface area contributed by atoms with E-state index < -0.39 is 21.3 Å². The van der Waals surface area contributed by atoms with Crippen LogP contribution in [0.5, 0.6) is 0 Å². The van der Waals surface area contributed by atoms with Crippen LogP contribution >= 0.6 is 0 Å². The Balaban J connectivity index is 3.91. The van der Waals surface area contributed by atoms with Crippen LogP contribution < -0.4 is 5.11 Å². The van der Waals surface area contributed by atoms with E-state index in [2.05, 4.69) is 6.92 Å². The average Bonchev–Trinajstić information content (AvgIpc) is 2.49. The Kier molecular flexibility index (Phi) is 13.9. The predicted molar refractivity (Wildman–Crippen MR) is 93.3 cm³/mol. The van der Waals surface area contributed by atoms with Crippen molar-refractivity contribution in [3.8, 4) is 0 Å². The number of carbonyl (C=O) groups excluding carboxylic acids is 1. The first-order chi connectivity index (χ1) is 11.4. The number of aliphatic carboxylic acids is 1. The molecule has 0 aromatic heterocycles. The number of carboxylic acid groups (broad SMARTS) is 1. The topological polar surface area (TPSA) is 97.3 Å². The van der Waals surface area contributed by atoms with E-state index in [9.17, 15) is 22.9 Å². The molecule has 0 aliphatic carbocycles. The summed E-state index contributed by atoms with van der Waals surface area (Å²) in [6.45, 7) is 2.16. The lowest BCUT2D eigenvalue weighted by molar-refractivity contribution is -0.305. The number of rotatable bonds is 16. The Bertz CT molecular complexity index is 442. The standard InChI is InChI=1S/C18H34O5S/c1-2-3-4-5-6-8-11-14-17(24(21,22)23)15-12-9-7-10-13-16-18(19)20/h8,11,17H,2-7,9-10,12-16H2,1H3,(H,19,20)(H,21,22,23)/p-2/b11-8+. The van der Waals surface area contributed by atoms with Crippen molar-refractivity contribution in [1.29, 1.82) is 0 Å². The number of allylic oxidation sites excluding steroid dienone is 2. The number of unbranched alkanes of at least 4 members (excludes halogenated alkanes) is 8. The van der Waals surface area contributed by atoms with Crippen molar-refractivity contribution in [2.75, 3.05) is 0 Å². The summed E-state index contributed by atoms with van der Waals surface area (Å²) in [5, 5.41) is 9.43. The molecule has 0 amide bonds. The second-order valence-electron chi connectivity index (χ2n) is 6.35. The molecule has 0 N–H and O–H groups in total. The molecule has 24 heavy (non-hydrogen) atoms. The van der Waals surface area contributed by atoms with Gasteiger partial charge in [0, 0.05) is 5.97 Å². The second kappa shape index (κ2) is 14.5. The Morgan fingerprint density at radius 2 is 1.58 bits per heavy atom. The zero-order chi connectivity index (χ0) is 18.3. The van der Waals surface area contributed by atoms with Crippen molar-refractivity contribution in [3.63, 3.8) is 0 Å². The molecule has 0 aromatic rings. The molecule has 0 rings (SSSR count). The Morgan fingerprint density at radius 1 is 0.958 bits per heavy atom. The first-order valence-electron chi connectivity index (χ1n) is 9.17. The molecule has 0 fully saturated rings. The maximum Gasteiger partial charge on any atom is 0.0978 e. The van der Waals surface area contributed by atoms with E-state index in [1.54, 1.807) is 0 Å². The summed E-state index contributed by atoms with van der Waals surface area (Å²) >= 11 is 0. The average molecular weight is 361 g/mol. The van der Waals surface area contributed by atoms with Gasteiger partial charge in [0.2, 0.25) is 0 Å².